The fourth-order valence-corrected chi connectivity index (χ4v) is 1.63. The molecule has 3 heteroatoms. The van der Waals surface area contributed by atoms with Crippen molar-refractivity contribution in [1.29, 1.82) is 0 Å². The molecule has 0 aliphatic carbocycles. The average Bonchev–Trinajstić information content (AvgIpc) is 2.26. The lowest BCUT2D eigenvalue weighted by atomic mass is 10.0. The molecule has 3 atom stereocenters. The summed E-state index contributed by atoms with van der Waals surface area (Å²) < 4.78 is 11.2. The van der Waals surface area contributed by atoms with Crippen LogP contribution in [0, 0.1) is 5.92 Å². The SMILES string of the molecule is CC[C@H](C)[C@@H](CO)OC1CCCCO1. The van der Waals surface area contributed by atoms with Gasteiger partial charge in [-0.25, -0.2) is 0 Å². The highest BCUT2D eigenvalue weighted by Gasteiger charge is 2.22. The summed E-state index contributed by atoms with van der Waals surface area (Å²) in [6, 6.07) is 0. The van der Waals surface area contributed by atoms with E-state index in [-0.39, 0.29) is 19.0 Å². The topological polar surface area (TPSA) is 38.7 Å². The van der Waals surface area contributed by atoms with Crippen molar-refractivity contribution in [2.24, 2.45) is 5.92 Å². The van der Waals surface area contributed by atoms with Crippen molar-refractivity contribution < 1.29 is 14.6 Å². The van der Waals surface area contributed by atoms with E-state index in [0.29, 0.717) is 5.92 Å². The van der Waals surface area contributed by atoms with E-state index in [0.717, 1.165) is 25.9 Å². The molecule has 1 unspecified atom stereocenters. The molecule has 14 heavy (non-hydrogen) atoms. The fourth-order valence-electron chi connectivity index (χ4n) is 1.63. The summed E-state index contributed by atoms with van der Waals surface area (Å²) in [6.07, 6.45) is 4.14. The van der Waals surface area contributed by atoms with Crippen LogP contribution in [0.15, 0.2) is 0 Å². The molecule has 1 rings (SSSR count). The van der Waals surface area contributed by atoms with Gasteiger partial charge in [0.1, 0.15) is 0 Å². The van der Waals surface area contributed by atoms with Crippen molar-refractivity contribution in [3.8, 4) is 0 Å². The molecule has 1 heterocycles. The van der Waals surface area contributed by atoms with Gasteiger partial charge in [-0.3, -0.25) is 0 Å². The molecule has 1 fully saturated rings. The van der Waals surface area contributed by atoms with E-state index in [9.17, 15) is 5.11 Å². The first-order valence-corrected chi connectivity index (χ1v) is 5.65. The molecule has 0 aromatic rings. The van der Waals surface area contributed by atoms with Crippen LogP contribution in [0.4, 0.5) is 0 Å². The van der Waals surface area contributed by atoms with Gasteiger partial charge < -0.3 is 14.6 Å². The van der Waals surface area contributed by atoms with Crippen LogP contribution in [0.3, 0.4) is 0 Å². The van der Waals surface area contributed by atoms with E-state index in [2.05, 4.69) is 13.8 Å². The van der Waals surface area contributed by atoms with Crippen molar-refractivity contribution in [3.63, 3.8) is 0 Å². The summed E-state index contributed by atoms with van der Waals surface area (Å²) in [4.78, 5) is 0. The lowest BCUT2D eigenvalue weighted by molar-refractivity contribution is -0.204. The summed E-state index contributed by atoms with van der Waals surface area (Å²) >= 11 is 0. The van der Waals surface area contributed by atoms with Gasteiger partial charge in [0.2, 0.25) is 0 Å². The van der Waals surface area contributed by atoms with Gasteiger partial charge in [-0.15, -0.1) is 0 Å². The molecular weight excluding hydrogens is 180 g/mol. The average molecular weight is 202 g/mol. The first-order chi connectivity index (χ1) is 6.77. The van der Waals surface area contributed by atoms with Gasteiger partial charge in [-0.2, -0.15) is 0 Å². The minimum atomic E-state index is -0.0881. The Morgan fingerprint density at radius 2 is 2.29 bits per heavy atom. The maximum absolute atomic E-state index is 9.18. The zero-order valence-corrected chi connectivity index (χ0v) is 9.24. The van der Waals surface area contributed by atoms with Crippen LogP contribution in [-0.2, 0) is 9.47 Å². The van der Waals surface area contributed by atoms with Crippen LogP contribution in [0.5, 0.6) is 0 Å². The fraction of sp³-hybridized carbons (Fsp3) is 1.00. The Hall–Kier alpha value is -0.120. The molecule has 1 aliphatic rings. The molecule has 1 aliphatic heterocycles. The molecule has 0 aromatic carbocycles. The van der Waals surface area contributed by atoms with E-state index in [1.54, 1.807) is 0 Å². The Labute approximate surface area is 86.4 Å². The predicted octanol–water partition coefficient (Wildman–Crippen LogP) is 1.94. The molecule has 1 N–H and O–H groups in total. The van der Waals surface area contributed by atoms with Gasteiger partial charge >= 0.3 is 0 Å². The first kappa shape index (κ1) is 12.0. The maximum atomic E-state index is 9.18. The second-order valence-electron chi connectivity index (χ2n) is 4.04. The van der Waals surface area contributed by atoms with Gasteiger partial charge in [0.05, 0.1) is 12.7 Å². The van der Waals surface area contributed by atoms with Gasteiger partial charge in [-0.1, -0.05) is 20.3 Å². The highest BCUT2D eigenvalue weighted by atomic mass is 16.7. The standard InChI is InChI=1S/C11H22O3/c1-3-9(2)10(8-12)14-11-6-4-5-7-13-11/h9-12H,3-8H2,1-2H3/t9-,10+,11?/m0/s1. The summed E-state index contributed by atoms with van der Waals surface area (Å²) in [5.41, 5.74) is 0. The van der Waals surface area contributed by atoms with Gasteiger partial charge in [-0.05, 0) is 25.2 Å². The predicted molar refractivity (Wildman–Crippen MR) is 55.0 cm³/mol. The number of hydrogen-bond acceptors (Lipinski definition) is 3. The molecule has 0 bridgehead atoms. The Bertz CT molecular complexity index is 143. The van der Waals surface area contributed by atoms with E-state index in [1.165, 1.54) is 6.42 Å². The third kappa shape index (κ3) is 3.56. The van der Waals surface area contributed by atoms with Crippen LogP contribution in [0.25, 0.3) is 0 Å². The third-order valence-corrected chi connectivity index (χ3v) is 2.92. The smallest absolute Gasteiger partial charge is 0.158 e. The van der Waals surface area contributed by atoms with Crippen LogP contribution in [-0.4, -0.2) is 30.7 Å². The lowest BCUT2D eigenvalue weighted by Crippen LogP contribution is -2.33. The summed E-state index contributed by atoms with van der Waals surface area (Å²) in [6.45, 7) is 5.10. The molecule has 1 saturated heterocycles. The number of aliphatic hydroxyl groups is 1. The monoisotopic (exact) mass is 202 g/mol. The van der Waals surface area contributed by atoms with Gasteiger partial charge in [0, 0.05) is 6.61 Å². The second kappa shape index (κ2) is 6.38. The molecule has 3 nitrogen and oxygen atoms in total. The number of aliphatic hydroxyl groups excluding tert-OH is 1. The van der Waals surface area contributed by atoms with Crippen LogP contribution in [0.1, 0.15) is 39.5 Å². The zero-order valence-electron chi connectivity index (χ0n) is 9.24. The van der Waals surface area contributed by atoms with Crippen LogP contribution >= 0.6 is 0 Å². The van der Waals surface area contributed by atoms with Crippen LogP contribution in [0.2, 0.25) is 0 Å². The molecule has 0 radical (unpaired) electrons. The summed E-state index contributed by atoms with van der Waals surface area (Å²) in [7, 11) is 0. The van der Waals surface area contributed by atoms with Crippen molar-refractivity contribution in [2.45, 2.75) is 51.9 Å². The van der Waals surface area contributed by atoms with E-state index in [1.807, 2.05) is 0 Å². The Balaban J connectivity index is 2.30. The lowest BCUT2D eigenvalue weighted by Gasteiger charge is -2.29. The zero-order chi connectivity index (χ0) is 10.4. The van der Waals surface area contributed by atoms with Crippen molar-refractivity contribution in [1.82, 2.24) is 0 Å². The van der Waals surface area contributed by atoms with Crippen molar-refractivity contribution >= 4 is 0 Å². The quantitative estimate of drug-likeness (QED) is 0.740. The maximum Gasteiger partial charge on any atom is 0.158 e. The minimum absolute atomic E-state index is 0.0666. The number of hydrogen-bond donors (Lipinski definition) is 1. The molecule has 0 spiro atoms. The first-order valence-electron chi connectivity index (χ1n) is 5.65. The van der Waals surface area contributed by atoms with E-state index in [4.69, 9.17) is 9.47 Å². The van der Waals surface area contributed by atoms with E-state index < -0.39 is 0 Å². The second-order valence-corrected chi connectivity index (χ2v) is 4.04. The van der Waals surface area contributed by atoms with Crippen LogP contribution < -0.4 is 0 Å². The highest BCUT2D eigenvalue weighted by Crippen LogP contribution is 2.19. The van der Waals surface area contributed by atoms with E-state index >= 15 is 0 Å². The number of ether oxygens (including phenoxy) is 2. The minimum Gasteiger partial charge on any atom is -0.394 e. The summed E-state index contributed by atoms with van der Waals surface area (Å²) in [5, 5.41) is 9.18. The Morgan fingerprint density at radius 1 is 1.50 bits per heavy atom. The molecule has 0 saturated carbocycles. The molecule has 84 valence electrons. The van der Waals surface area contributed by atoms with Gasteiger partial charge in [0.15, 0.2) is 6.29 Å². The number of rotatable bonds is 5. The third-order valence-electron chi connectivity index (χ3n) is 2.92. The molecule has 0 aromatic heterocycles. The Kier molecular flexibility index (Phi) is 5.45. The largest absolute Gasteiger partial charge is 0.394 e. The van der Waals surface area contributed by atoms with Crippen molar-refractivity contribution in [3.05, 3.63) is 0 Å². The molecule has 0 amide bonds. The Morgan fingerprint density at radius 3 is 2.79 bits per heavy atom. The van der Waals surface area contributed by atoms with Crippen molar-refractivity contribution in [2.75, 3.05) is 13.2 Å². The molecular formula is C11H22O3. The highest BCUT2D eigenvalue weighted by molar-refractivity contribution is 4.66. The normalized spacial score (nSPS) is 27.2. The summed E-state index contributed by atoms with van der Waals surface area (Å²) in [5.74, 6) is 0.394. The van der Waals surface area contributed by atoms with Gasteiger partial charge in [0.25, 0.3) is 0 Å².